The summed E-state index contributed by atoms with van der Waals surface area (Å²) in [6.45, 7) is 0. The number of nitrogens with zero attached hydrogens (tertiary/aromatic N) is 1. The molecule has 3 aromatic carbocycles. The highest BCUT2D eigenvalue weighted by molar-refractivity contribution is 6.52. The molecule has 3 aromatic rings. The van der Waals surface area contributed by atoms with Gasteiger partial charge in [0.15, 0.2) is 0 Å². The van der Waals surface area contributed by atoms with Gasteiger partial charge in [-0.3, -0.25) is 4.79 Å². The van der Waals surface area contributed by atoms with Gasteiger partial charge in [-0.1, -0.05) is 41.9 Å². The van der Waals surface area contributed by atoms with Crippen LogP contribution in [-0.2, 0) is 0 Å². The molecule has 0 saturated carbocycles. The molecule has 25 heavy (non-hydrogen) atoms. The number of methoxy groups -OCH3 is 1. The first kappa shape index (κ1) is 16.9. The zero-order valence-electron chi connectivity index (χ0n) is 13.6. The molecule has 0 saturated heterocycles. The van der Waals surface area contributed by atoms with Crippen LogP contribution in [0.15, 0.2) is 83.9 Å². The number of ether oxygens (including phenoxy) is 1. The third-order valence-corrected chi connectivity index (χ3v) is 3.90. The van der Waals surface area contributed by atoms with Crippen molar-refractivity contribution in [3.63, 3.8) is 0 Å². The lowest BCUT2D eigenvalue weighted by molar-refractivity contribution is 0.106. The molecule has 0 N–H and O–H groups in total. The Morgan fingerprint density at radius 1 is 0.880 bits per heavy atom. The summed E-state index contributed by atoms with van der Waals surface area (Å²) in [5.41, 5.74) is 2.27. The number of benzene rings is 3. The molecular weight excluding hydrogens is 334 g/mol. The van der Waals surface area contributed by atoms with Gasteiger partial charge < -0.3 is 4.74 Å². The van der Waals surface area contributed by atoms with E-state index in [1.165, 1.54) is 0 Å². The molecule has 0 aromatic heterocycles. The number of Topliss-reactive ketones (excluding diaryl/α,β-unsaturated/α-hetero) is 1. The molecule has 3 nitrogen and oxygen atoms in total. The van der Waals surface area contributed by atoms with Gasteiger partial charge in [0.1, 0.15) is 11.5 Å². The molecule has 4 heteroatoms. The fourth-order valence-electron chi connectivity index (χ4n) is 2.39. The Balaban J connectivity index is 2.07. The van der Waals surface area contributed by atoms with E-state index in [1.54, 1.807) is 49.6 Å². The Kier molecular flexibility index (Phi) is 5.26. The van der Waals surface area contributed by atoms with Crippen LogP contribution in [0.2, 0.25) is 5.02 Å². The van der Waals surface area contributed by atoms with Gasteiger partial charge in [-0.25, -0.2) is 4.99 Å². The van der Waals surface area contributed by atoms with E-state index in [0.717, 1.165) is 0 Å². The second-order valence-electron chi connectivity index (χ2n) is 5.36. The highest BCUT2D eigenvalue weighted by Crippen LogP contribution is 2.20. The molecule has 0 atom stereocenters. The van der Waals surface area contributed by atoms with Crippen molar-refractivity contribution in [3.05, 3.63) is 95.0 Å². The zero-order chi connectivity index (χ0) is 17.6. The molecule has 0 bridgehead atoms. The number of carbonyl (C=O) groups excluding carboxylic acids is 1. The van der Waals surface area contributed by atoms with Crippen molar-refractivity contribution in [2.75, 3.05) is 7.11 Å². The Morgan fingerprint density at radius 3 is 2.24 bits per heavy atom. The maximum Gasteiger partial charge on any atom is 0.211 e. The topological polar surface area (TPSA) is 38.7 Å². The predicted molar refractivity (Wildman–Crippen MR) is 101 cm³/mol. The van der Waals surface area contributed by atoms with Gasteiger partial charge in [0.2, 0.25) is 5.78 Å². The average molecular weight is 350 g/mol. The lowest BCUT2D eigenvalue weighted by atomic mass is 10.0. The summed E-state index contributed by atoms with van der Waals surface area (Å²) in [5.74, 6) is 0.523. The van der Waals surface area contributed by atoms with Gasteiger partial charge in [-0.2, -0.15) is 0 Å². The van der Waals surface area contributed by atoms with Crippen LogP contribution in [0.25, 0.3) is 0 Å². The van der Waals surface area contributed by atoms with Crippen LogP contribution in [0.1, 0.15) is 15.9 Å². The van der Waals surface area contributed by atoms with Gasteiger partial charge in [-0.05, 0) is 48.5 Å². The van der Waals surface area contributed by atoms with E-state index >= 15 is 0 Å². The summed E-state index contributed by atoms with van der Waals surface area (Å²) in [7, 11) is 1.59. The Hall–Kier alpha value is -2.91. The molecule has 124 valence electrons. The number of hydrogen-bond donors (Lipinski definition) is 0. The monoisotopic (exact) mass is 349 g/mol. The largest absolute Gasteiger partial charge is 0.497 e. The molecule has 0 aliphatic rings. The first-order valence-electron chi connectivity index (χ1n) is 7.76. The van der Waals surface area contributed by atoms with Crippen LogP contribution >= 0.6 is 11.6 Å². The molecule has 0 radical (unpaired) electrons. The number of aliphatic imine (C=N–C) groups is 1. The SMILES string of the molecule is COc1ccc(C(=O)C(=Nc2ccccc2)c2cccc(Cl)c2)cc1. The third-order valence-electron chi connectivity index (χ3n) is 3.66. The number of halogens is 1. The molecule has 0 spiro atoms. The standard InChI is InChI=1S/C21H16ClNO2/c1-25-19-12-10-15(11-13-19)21(24)20(16-6-5-7-17(22)14-16)23-18-8-3-2-4-9-18/h2-14H,1H3. The molecule has 0 amide bonds. The highest BCUT2D eigenvalue weighted by atomic mass is 35.5. The van der Waals surface area contributed by atoms with E-state index in [2.05, 4.69) is 4.99 Å². The number of hydrogen-bond acceptors (Lipinski definition) is 3. The molecule has 0 aliphatic heterocycles. The second-order valence-corrected chi connectivity index (χ2v) is 5.80. The highest BCUT2D eigenvalue weighted by Gasteiger charge is 2.17. The summed E-state index contributed by atoms with van der Waals surface area (Å²) >= 11 is 6.10. The zero-order valence-corrected chi connectivity index (χ0v) is 14.4. The number of ketones is 1. The van der Waals surface area contributed by atoms with Crippen LogP contribution in [-0.4, -0.2) is 18.6 Å². The van der Waals surface area contributed by atoms with E-state index in [-0.39, 0.29) is 5.78 Å². The molecule has 0 aliphatic carbocycles. The fourth-order valence-corrected chi connectivity index (χ4v) is 2.58. The van der Waals surface area contributed by atoms with Gasteiger partial charge in [0.05, 0.1) is 12.8 Å². The molecule has 0 unspecified atom stereocenters. The summed E-state index contributed by atoms with van der Waals surface area (Å²) in [6.07, 6.45) is 0. The maximum atomic E-state index is 13.0. The van der Waals surface area contributed by atoms with Gasteiger partial charge in [0, 0.05) is 16.1 Å². The van der Waals surface area contributed by atoms with Gasteiger partial charge >= 0.3 is 0 Å². The summed E-state index contributed by atoms with van der Waals surface area (Å²) in [6, 6.07) is 23.5. The van der Waals surface area contributed by atoms with Crippen molar-refractivity contribution in [1.29, 1.82) is 0 Å². The summed E-state index contributed by atoms with van der Waals surface area (Å²) in [5, 5.41) is 0.556. The minimum absolute atomic E-state index is 0.172. The third kappa shape index (κ3) is 4.14. The van der Waals surface area contributed by atoms with Crippen molar-refractivity contribution in [1.82, 2.24) is 0 Å². The number of rotatable bonds is 5. The smallest absolute Gasteiger partial charge is 0.211 e. The minimum atomic E-state index is -0.172. The Morgan fingerprint density at radius 2 is 1.60 bits per heavy atom. The van der Waals surface area contributed by atoms with Crippen LogP contribution in [0, 0.1) is 0 Å². The second kappa shape index (κ2) is 7.77. The van der Waals surface area contributed by atoms with E-state index in [1.807, 2.05) is 36.4 Å². The van der Waals surface area contributed by atoms with Crippen LogP contribution in [0.4, 0.5) is 5.69 Å². The lowest BCUT2D eigenvalue weighted by Gasteiger charge is -2.08. The fraction of sp³-hybridized carbons (Fsp3) is 0.0476. The van der Waals surface area contributed by atoms with Crippen molar-refractivity contribution in [2.24, 2.45) is 4.99 Å². The minimum Gasteiger partial charge on any atom is -0.497 e. The van der Waals surface area contributed by atoms with Crippen molar-refractivity contribution in [2.45, 2.75) is 0 Å². The van der Waals surface area contributed by atoms with Crippen LogP contribution in [0.5, 0.6) is 5.75 Å². The first-order chi connectivity index (χ1) is 12.2. The quantitative estimate of drug-likeness (QED) is 0.460. The predicted octanol–water partition coefficient (Wildman–Crippen LogP) is 5.35. The average Bonchev–Trinajstić information content (AvgIpc) is 2.66. The lowest BCUT2D eigenvalue weighted by Crippen LogP contribution is -2.15. The van der Waals surface area contributed by atoms with E-state index in [4.69, 9.17) is 16.3 Å². The molecule has 0 fully saturated rings. The number of carbonyl (C=O) groups is 1. The summed E-state index contributed by atoms with van der Waals surface area (Å²) < 4.78 is 5.15. The number of para-hydroxylation sites is 1. The van der Waals surface area contributed by atoms with Crippen molar-refractivity contribution >= 4 is 28.8 Å². The normalized spacial score (nSPS) is 11.2. The van der Waals surface area contributed by atoms with E-state index < -0.39 is 0 Å². The van der Waals surface area contributed by atoms with Crippen molar-refractivity contribution < 1.29 is 9.53 Å². The molecule has 3 rings (SSSR count). The molecular formula is C21H16ClNO2. The summed E-state index contributed by atoms with van der Waals surface area (Å²) in [4.78, 5) is 17.6. The maximum absolute atomic E-state index is 13.0. The van der Waals surface area contributed by atoms with Crippen LogP contribution < -0.4 is 4.74 Å². The van der Waals surface area contributed by atoms with Gasteiger partial charge in [-0.15, -0.1) is 0 Å². The van der Waals surface area contributed by atoms with Crippen LogP contribution in [0.3, 0.4) is 0 Å². The Bertz CT molecular complexity index is 903. The Labute approximate surface area is 151 Å². The van der Waals surface area contributed by atoms with Crippen molar-refractivity contribution in [3.8, 4) is 5.75 Å². The first-order valence-corrected chi connectivity index (χ1v) is 8.13. The van der Waals surface area contributed by atoms with Gasteiger partial charge in [0.25, 0.3) is 0 Å². The van der Waals surface area contributed by atoms with E-state index in [9.17, 15) is 4.79 Å². The van der Waals surface area contributed by atoms with E-state index in [0.29, 0.717) is 33.3 Å². The molecule has 0 heterocycles.